The maximum absolute atomic E-state index is 12.9. The minimum Gasteiger partial charge on any atom is -0.452 e. The lowest BCUT2D eigenvalue weighted by molar-refractivity contribution is -0.154. The van der Waals surface area contributed by atoms with Crippen LogP contribution in [0, 0.1) is 0 Å². The predicted molar refractivity (Wildman–Crippen MR) is 88.8 cm³/mol. The number of rotatable bonds is 5. The highest BCUT2D eigenvalue weighted by molar-refractivity contribution is 5.86. The molecular formula is C19H20N2O3. The Morgan fingerprint density at radius 2 is 2.00 bits per heavy atom. The molecule has 1 aromatic heterocycles. The van der Waals surface area contributed by atoms with Gasteiger partial charge in [-0.15, -0.1) is 0 Å². The SMILES string of the molecule is C[C@@H](c1ccccc1)N(Cc1ccccn1)C(=O)[C@@H]1CCC(=O)O1. The van der Waals surface area contributed by atoms with E-state index in [-0.39, 0.29) is 17.9 Å². The van der Waals surface area contributed by atoms with Crippen molar-refractivity contribution in [3.8, 4) is 0 Å². The van der Waals surface area contributed by atoms with Crippen LogP contribution in [0.15, 0.2) is 54.7 Å². The van der Waals surface area contributed by atoms with Crippen LogP contribution in [0.5, 0.6) is 0 Å². The Bertz CT molecular complexity index is 703. The van der Waals surface area contributed by atoms with Gasteiger partial charge in [-0.3, -0.25) is 14.6 Å². The number of hydrogen-bond donors (Lipinski definition) is 0. The van der Waals surface area contributed by atoms with Crippen molar-refractivity contribution < 1.29 is 14.3 Å². The van der Waals surface area contributed by atoms with Gasteiger partial charge in [-0.05, 0) is 24.6 Å². The molecule has 2 aromatic rings. The van der Waals surface area contributed by atoms with Crippen LogP contribution in [-0.4, -0.2) is 27.9 Å². The molecule has 2 heterocycles. The summed E-state index contributed by atoms with van der Waals surface area (Å²) in [6.07, 6.45) is 1.76. The minimum atomic E-state index is -0.688. The highest BCUT2D eigenvalue weighted by Gasteiger charge is 2.35. The van der Waals surface area contributed by atoms with Crippen molar-refractivity contribution in [3.63, 3.8) is 0 Å². The summed E-state index contributed by atoms with van der Waals surface area (Å²) < 4.78 is 5.18. The lowest BCUT2D eigenvalue weighted by Crippen LogP contribution is -2.40. The summed E-state index contributed by atoms with van der Waals surface area (Å²) in [5, 5.41) is 0. The Morgan fingerprint density at radius 1 is 1.25 bits per heavy atom. The van der Waals surface area contributed by atoms with Crippen molar-refractivity contribution in [2.45, 2.75) is 38.5 Å². The Kier molecular flexibility index (Phi) is 4.89. The van der Waals surface area contributed by atoms with Gasteiger partial charge in [0.15, 0.2) is 6.10 Å². The number of amides is 1. The molecule has 1 aliphatic rings. The Hall–Kier alpha value is -2.69. The van der Waals surface area contributed by atoms with Crippen molar-refractivity contribution in [3.05, 3.63) is 66.0 Å². The summed E-state index contributed by atoms with van der Waals surface area (Å²) >= 11 is 0. The van der Waals surface area contributed by atoms with E-state index in [1.54, 1.807) is 11.1 Å². The van der Waals surface area contributed by atoms with Crippen molar-refractivity contribution in [1.29, 1.82) is 0 Å². The second-order valence-electron chi connectivity index (χ2n) is 5.89. The second kappa shape index (κ2) is 7.25. The minimum absolute atomic E-state index is 0.139. The van der Waals surface area contributed by atoms with Crippen LogP contribution in [0.2, 0.25) is 0 Å². The largest absolute Gasteiger partial charge is 0.452 e. The Balaban J connectivity index is 1.85. The normalized spacial score (nSPS) is 18.0. The van der Waals surface area contributed by atoms with E-state index in [0.717, 1.165) is 11.3 Å². The first-order chi connectivity index (χ1) is 11.6. The third-order valence-electron chi connectivity index (χ3n) is 4.25. The van der Waals surface area contributed by atoms with Crippen molar-refractivity contribution in [2.24, 2.45) is 0 Å². The highest BCUT2D eigenvalue weighted by atomic mass is 16.6. The standard InChI is InChI=1S/C19H20N2O3/c1-14(15-7-3-2-4-8-15)21(13-16-9-5-6-12-20-16)19(23)17-10-11-18(22)24-17/h2-9,12,14,17H,10-11,13H2,1H3/t14-,17-/m0/s1. The summed E-state index contributed by atoms with van der Waals surface area (Å²) in [5.41, 5.74) is 1.84. The van der Waals surface area contributed by atoms with Crippen molar-refractivity contribution in [2.75, 3.05) is 0 Å². The average Bonchev–Trinajstić information content (AvgIpc) is 3.06. The van der Waals surface area contributed by atoms with Crippen LogP contribution in [0.1, 0.15) is 37.1 Å². The highest BCUT2D eigenvalue weighted by Crippen LogP contribution is 2.26. The molecule has 2 atom stereocenters. The molecule has 1 amide bonds. The Morgan fingerprint density at radius 3 is 2.62 bits per heavy atom. The number of benzene rings is 1. The fourth-order valence-corrected chi connectivity index (χ4v) is 2.87. The molecule has 0 saturated carbocycles. The molecule has 1 aromatic carbocycles. The summed E-state index contributed by atoms with van der Waals surface area (Å²) in [5.74, 6) is -0.471. The molecule has 5 heteroatoms. The van der Waals surface area contributed by atoms with Gasteiger partial charge in [0.1, 0.15) is 0 Å². The molecule has 1 saturated heterocycles. The summed E-state index contributed by atoms with van der Waals surface area (Å²) in [6, 6.07) is 15.3. The summed E-state index contributed by atoms with van der Waals surface area (Å²) in [6.45, 7) is 2.36. The first-order valence-electron chi connectivity index (χ1n) is 8.10. The van der Waals surface area contributed by atoms with E-state index in [1.807, 2.05) is 55.5 Å². The molecule has 0 spiro atoms. The van der Waals surface area contributed by atoms with E-state index < -0.39 is 6.10 Å². The van der Waals surface area contributed by atoms with E-state index in [1.165, 1.54) is 0 Å². The van der Waals surface area contributed by atoms with Crippen LogP contribution < -0.4 is 0 Å². The van der Waals surface area contributed by atoms with Gasteiger partial charge in [0.25, 0.3) is 5.91 Å². The number of nitrogens with zero attached hydrogens (tertiary/aromatic N) is 2. The van der Waals surface area contributed by atoms with Gasteiger partial charge in [0, 0.05) is 19.0 Å². The number of pyridine rings is 1. The van der Waals surface area contributed by atoms with E-state index in [9.17, 15) is 9.59 Å². The number of ether oxygens (including phenoxy) is 1. The maximum Gasteiger partial charge on any atom is 0.306 e. The molecule has 24 heavy (non-hydrogen) atoms. The first kappa shape index (κ1) is 16.2. The number of esters is 1. The zero-order valence-corrected chi connectivity index (χ0v) is 13.6. The number of cyclic esters (lactones) is 1. The smallest absolute Gasteiger partial charge is 0.306 e. The van der Waals surface area contributed by atoms with E-state index in [2.05, 4.69) is 4.98 Å². The monoisotopic (exact) mass is 324 g/mol. The van der Waals surface area contributed by atoms with Crippen LogP contribution >= 0.6 is 0 Å². The van der Waals surface area contributed by atoms with Gasteiger partial charge in [-0.25, -0.2) is 0 Å². The molecule has 5 nitrogen and oxygen atoms in total. The van der Waals surface area contributed by atoms with Gasteiger partial charge < -0.3 is 9.64 Å². The van der Waals surface area contributed by atoms with Crippen LogP contribution in [0.4, 0.5) is 0 Å². The van der Waals surface area contributed by atoms with E-state index in [4.69, 9.17) is 4.74 Å². The number of hydrogen-bond acceptors (Lipinski definition) is 4. The molecule has 0 N–H and O–H groups in total. The zero-order chi connectivity index (χ0) is 16.9. The molecule has 1 aliphatic heterocycles. The van der Waals surface area contributed by atoms with Crippen LogP contribution in [0.25, 0.3) is 0 Å². The molecule has 1 fully saturated rings. The summed E-state index contributed by atoms with van der Waals surface area (Å²) in [7, 11) is 0. The molecular weight excluding hydrogens is 304 g/mol. The molecule has 124 valence electrons. The topological polar surface area (TPSA) is 59.5 Å². The molecule has 3 rings (SSSR count). The van der Waals surface area contributed by atoms with Crippen molar-refractivity contribution in [1.82, 2.24) is 9.88 Å². The average molecular weight is 324 g/mol. The van der Waals surface area contributed by atoms with Gasteiger partial charge in [0.2, 0.25) is 0 Å². The number of aromatic nitrogens is 1. The zero-order valence-electron chi connectivity index (χ0n) is 13.6. The fourth-order valence-electron chi connectivity index (χ4n) is 2.87. The Labute approximate surface area is 141 Å². The van der Waals surface area contributed by atoms with Crippen LogP contribution in [0.3, 0.4) is 0 Å². The van der Waals surface area contributed by atoms with E-state index in [0.29, 0.717) is 19.4 Å². The van der Waals surface area contributed by atoms with Crippen LogP contribution in [-0.2, 0) is 20.9 Å². The first-order valence-corrected chi connectivity index (χ1v) is 8.10. The number of carbonyl (C=O) groups is 2. The fraction of sp³-hybridized carbons (Fsp3) is 0.316. The predicted octanol–water partition coefficient (Wildman–Crippen LogP) is 2.88. The van der Waals surface area contributed by atoms with Crippen molar-refractivity contribution >= 4 is 11.9 Å². The molecule has 0 aliphatic carbocycles. The number of carbonyl (C=O) groups excluding carboxylic acids is 2. The van der Waals surface area contributed by atoms with Gasteiger partial charge in [-0.1, -0.05) is 36.4 Å². The lowest BCUT2D eigenvalue weighted by atomic mass is 10.1. The van der Waals surface area contributed by atoms with Gasteiger partial charge in [0.05, 0.1) is 18.3 Å². The maximum atomic E-state index is 12.9. The second-order valence-corrected chi connectivity index (χ2v) is 5.89. The quantitative estimate of drug-likeness (QED) is 0.794. The molecule has 0 bridgehead atoms. The van der Waals surface area contributed by atoms with E-state index >= 15 is 0 Å². The van der Waals surface area contributed by atoms with Gasteiger partial charge >= 0.3 is 5.97 Å². The third-order valence-corrected chi connectivity index (χ3v) is 4.25. The third kappa shape index (κ3) is 3.62. The molecule has 0 radical (unpaired) electrons. The lowest BCUT2D eigenvalue weighted by Gasteiger charge is -2.31. The summed E-state index contributed by atoms with van der Waals surface area (Å²) in [4.78, 5) is 30.4. The van der Waals surface area contributed by atoms with Gasteiger partial charge in [-0.2, -0.15) is 0 Å². The molecule has 0 unspecified atom stereocenters.